The number of unbranched alkanes of at least 4 members (excludes halogenated alkanes) is 7. The molecular weight excluding hydrogens is 421 g/mol. The second-order valence-electron chi connectivity index (χ2n) is 8.35. The van der Waals surface area contributed by atoms with Crippen molar-refractivity contribution < 1.29 is 33.1 Å². The molecule has 0 aromatic rings. The minimum atomic E-state index is -4.18. The van der Waals surface area contributed by atoms with Gasteiger partial charge in [-0.25, -0.2) is 4.57 Å². The van der Waals surface area contributed by atoms with Gasteiger partial charge in [0.05, 0.1) is 32.5 Å². The number of methoxy groups -OCH3 is 1. The molecule has 0 aromatic carbocycles. The molecule has 0 aliphatic carbocycles. The lowest BCUT2D eigenvalue weighted by Crippen LogP contribution is -2.26. The molecular formula is C22H48NO7P. The van der Waals surface area contributed by atoms with Crippen LogP contribution in [0.4, 0.5) is 0 Å². The maximum absolute atomic E-state index is 11.5. The van der Waals surface area contributed by atoms with Gasteiger partial charge in [0, 0.05) is 13.7 Å². The van der Waals surface area contributed by atoms with Gasteiger partial charge in [0.15, 0.2) is 0 Å². The predicted molar refractivity (Wildman–Crippen MR) is 124 cm³/mol. The van der Waals surface area contributed by atoms with Crippen molar-refractivity contribution in [3.05, 3.63) is 0 Å². The molecule has 0 aliphatic heterocycles. The van der Waals surface area contributed by atoms with Crippen molar-refractivity contribution in [2.45, 2.75) is 96.7 Å². The van der Waals surface area contributed by atoms with Crippen LogP contribution in [0.5, 0.6) is 0 Å². The van der Waals surface area contributed by atoms with Crippen molar-refractivity contribution in [1.82, 2.24) is 0 Å². The van der Waals surface area contributed by atoms with E-state index in [1.165, 1.54) is 57.8 Å². The monoisotopic (exact) mass is 469 g/mol. The molecule has 0 rings (SSSR count). The highest BCUT2D eigenvalue weighted by Crippen LogP contribution is 2.42. The Bertz CT molecular complexity index is 442. The summed E-state index contributed by atoms with van der Waals surface area (Å²) in [6, 6.07) is 0. The van der Waals surface area contributed by atoms with Crippen LogP contribution in [0, 0.1) is 5.92 Å². The second-order valence-corrected chi connectivity index (χ2v) is 9.81. The number of phosphoric ester groups is 1. The Morgan fingerprint density at radius 2 is 1.48 bits per heavy atom. The van der Waals surface area contributed by atoms with Gasteiger partial charge in [0.2, 0.25) is 0 Å². The van der Waals surface area contributed by atoms with Crippen LogP contribution < -0.4 is 5.73 Å². The van der Waals surface area contributed by atoms with Crippen LogP contribution in [-0.4, -0.2) is 62.3 Å². The lowest BCUT2D eigenvalue weighted by Gasteiger charge is -2.18. The topological polar surface area (TPSA) is 120 Å². The van der Waals surface area contributed by atoms with E-state index in [1.807, 2.05) is 0 Å². The Morgan fingerprint density at radius 1 is 0.903 bits per heavy atom. The van der Waals surface area contributed by atoms with E-state index in [0.29, 0.717) is 6.61 Å². The summed E-state index contributed by atoms with van der Waals surface area (Å²) in [5.41, 5.74) is 5.20. The average Bonchev–Trinajstić information content (AvgIpc) is 2.76. The number of hydrogen-bond donors (Lipinski definition) is 3. The van der Waals surface area contributed by atoms with Gasteiger partial charge in [0.1, 0.15) is 6.10 Å². The Kier molecular flexibility index (Phi) is 20.5. The summed E-state index contributed by atoms with van der Waals surface area (Å²) in [7, 11) is -2.52. The number of aliphatic hydroxyl groups is 1. The van der Waals surface area contributed by atoms with Crippen molar-refractivity contribution >= 4 is 7.82 Å². The minimum Gasteiger partial charge on any atom is -0.388 e. The minimum absolute atomic E-state index is 0.00617. The Hall–Kier alpha value is -0.0500. The van der Waals surface area contributed by atoms with Crippen LogP contribution in [0.2, 0.25) is 0 Å². The second kappa shape index (κ2) is 20.5. The van der Waals surface area contributed by atoms with Crippen LogP contribution in [0.25, 0.3) is 0 Å². The van der Waals surface area contributed by atoms with Gasteiger partial charge in [0.25, 0.3) is 0 Å². The van der Waals surface area contributed by atoms with E-state index in [1.54, 1.807) is 7.11 Å². The molecule has 0 saturated heterocycles. The Morgan fingerprint density at radius 3 is 2.03 bits per heavy atom. The summed E-state index contributed by atoms with van der Waals surface area (Å²) in [4.78, 5) is 9.37. The number of ether oxygens (including phenoxy) is 2. The molecule has 188 valence electrons. The fourth-order valence-electron chi connectivity index (χ4n) is 3.17. The molecule has 4 atom stereocenters. The molecule has 0 bridgehead atoms. The van der Waals surface area contributed by atoms with E-state index in [9.17, 15) is 14.6 Å². The number of hydrogen-bond acceptors (Lipinski definition) is 7. The normalized spacial score (nSPS) is 16.7. The van der Waals surface area contributed by atoms with Gasteiger partial charge < -0.3 is 25.2 Å². The summed E-state index contributed by atoms with van der Waals surface area (Å²) in [6.07, 6.45) is 12.8. The standard InChI is InChI=1S/C22H48NO7P/c1-4-20(2)13-11-9-7-5-6-8-10-12-14-22(27-3)19-28-17-21(24)18-30-31(25,26)29-16-15-23/h20-22,24H,4-19,23H2,1-3H3,(H,25,26)/t20?,21-,22?/m1/s1. The van der Waals surface area contributed by atoms with Crippen molar-refractivity contribution in [1.29, 1.82) is 0 Å². The summed E-state index contributed by atoms with van der Waals surface area (Å²) >= 11 is 0. The zero-order valence-electron chi connectivity index (χ0n) is 20.0. The van der Waals surface area contributed by atoms with Gasteiger partial charge in [-0.3, -0.25) is 9.05 Å². The lowest BCUT2D eigenvalue weighted by atomic mass is 9.99. The first-order chi connectivity index (χ1) is 14.8. The predicted octanol–water partition coefficient (Wildman–Crippen LogP) is 4.42. The summed E-state index contributed by atoms with van der Waals surface area (Å²) in [5.74, 6) is 0.870. The molecule has 0 radical (unpaired) electrons. The van der Waals surface area contributed by atoms with E-state index in [0.717, 1.165) is 18.8 Å². The lowest BCUT2D eigenvalue weighted by molar-refractivity contribution is -0.0386. The fraction of sp³-hybridized carbons (Fsp3) is 1.00. The average molecular weight is 470 g/mol. The van der Waals surface area contributed by atoms with E-state index in [2.05, 4.69) is 18.4 Å². The highest BCUT2D eigenvalue weighted by atomic mass is 31.2. The van der Waals surface area contributed by atoms with Gasteiger partial charge in [-0.1, -0.05) is 78.1 Å². The van der Waals surface area contributed by atoms with Crippen molar-refractivity contribution in [2.24, 2.45) is 11.7 Å². The highest BCUT2D eigenvalue weighted by Gasteiger charge is 2.22. The quantitative estimate of drug-likeness (QED) is 0.149. The third-order valence-electron chi connectivity index (χ3n) is 5.42. The van der Waals surface area contributed by atoms with Gasteiger partial charge >= 0.3 is 7.82 Å². The van der Waals surface area contributed by atoms with E-state index < -0.39 is 13.9 Å². The summed E-state index contributed by atoms with van der Waals surface area (Å²) < 4.78 is 31.7. The Labute approximate surface area is 189 Å². The van der Waals surface area contributed by atoms with Crippen molar-refractivity contribution in [3.63, 3.8) is 0 Å². The Balaban J connectivity index is 3.63. The van der Waals surface area contributed by atoms with E-state index >= 15 is 0 Å². The number of nitrogens with two attached hydrogens (primary N) is 1. The molecule has 0 aromatic heterocycles. The van der Waals surface area contributed by atoms with Crippen LogP contribution in [-0.2, 0) is 23.1 Å². The molecule has 0 fully saturated rings. The first-order valence-electron chi connectivity index (χ1n) is 11.9. The van der Waals surface area contributed by atoms with Gasteiger partial charge in [-0.05, 0) is 12.3 Å². The van der Waals surface area contributed by atoms with E-state index in [-0.39, 0.29) is 32.5 Å². The first kappa shape index (κ1) is 30.9. The molecule has 31 heavy (non-hydrogen) atoms. The zero-order valence-corrected chi connectivity index (χ0v) is 20.9. The molecule has 8 nitrogen and oxygen atoms in total. The number of phosphoric acid groups is 1. The van der Waals surface area contributed by atoms with Gasteiger partial charge in [-0.2, -0.15) is 0 Å². The fourth-order valence-corrected chi connectivity index (χ4v) is 3.94. The molecule has 0 aliphatic rings. The summed E-state index contributed by atoms with van der Waals surface area (Å²) in [5, 5.41) is 9.81. The number of rotatable bonds is 23. The molecule has 0 amide bonds. The molecule has 0 heterocycles. The number of aliphatic hydroxyl groups excluding tert-OH is 1. The maximum atomic E-state index is 11.5. The van der Waals surface area contributed by atoms with Crippen LogP contribution in [0.15, 0.2) is 0 Å². The van der Waals surface area contributed by atoms with Crippen LogP contribution in [0.1, 0.15) is 84.5 Å². The highest BCUT2D eigenvalue weighted by molar-refractivity contribution is 7.47. The first-order valence-corrected chi connectivity index (χ1v) is 13.4. The van der Waals surface area contributed by atoms with E-state index in [4.69, 9.17) is 19.7 Å². The maximum Gasteiger partial charge on any atom is 0.472 e. The molecule has 4 N–H and O–H groups in total. The van der Waals surface area contributed by atoms with Gasteiger partial charge in [-0.15, -0.1) is 0 Å². The third kappa shape index (κ3) is 20.3. The van der Waals surface area contributed by atoms with Crippen LogP contribution in [0.3, 0.4) is 0 Å². The SMILES string of the molecule is CCC(C)CCCCCCCCCCC(COC[C@@H](O)COP(=O)(O)OCCN)OC. The van der Waals surface area contributed by atoms with Crippen molar-refractivity contribution in [3.8, 4) is 0 Å². The molecule has 0 spiro atoms. The van der Waals surface area contributed by atoms with Crippen molar-refractivity contribution in [2.75, 3.05) is 40.1 Å². The zero-order chi connectivity index (χ0) is 23.4. The largest absolute Gasteiger partial charge is 0.472 e. The third-order valence-corrected chi connectivity index (χ3v) is 6.40. The molecule has 9 heteroatoms. The molecule has 3 unspecified atom stereocenters. The van der Waals surface area contributed by atoms with Crippen LogP contribution >= 0.6 is 7.82 Å². The smallest absolute Gasteiger partial charge is 0.388 e. The summed E-state index contributed by atoms with van der Waals surface area (Å²) in [6.45, 7) is 4.63. The molecule has 0 saturated carbocycles.